The van der Waals surface area contributed by atoms with E-state index in [2.05, 4.69) is 4.98 Å². The lowest BCUT2D eigenvalue weighted by Gasteiger charge is -2.23. The number of pyridine rings is 1. The number of hydrogen-bond donors (Lipinski definition) is 0. The smallest absolute Gasteiger partial charge is 0.172 e. The van der Waals surface area contributed by atoms with E-state index in [4.69, 9.17) is 0 Å². The first kappa shape index (κ1) is 18.2. The highest BCUT2D eigenvalue weighted by molar-refractivity contribution is 7.85. The van der Waals surface area contributed by atoms with Crippen LogP contribution in [0.5, 0.6) is 0 Å². The van der Waals surface area contributed by atoms with Gasteiger partial charge in [-0.15, -0.1) is 0 Å². The lowest BCUT2D eigenvalue weighted by molar-refractivity contribution is 0.592. The second kappa shape index (κ2) is 7.35. The summed E-state index contributed by atoms with van der Waals surface area (Å²) in [6.07, 6.45) is 3.42. The Balaban J connectivity index is 2.27. The zero-order valence-corrected chi connectivity index (χ0v) is 16.5. The first-order valence-electron chi connectivity index (χ1n) is 8.49. The number of rotatable bonds is 5. The van der Waals surface area contributed by atoms with Crippen LogP contribution in [0.2, 0.25) is 0 Å². The van der Waals surface area contributed by atoms with Crippen molar-refractivity contribution in [2.24, 2.45) is 0 Å². The lowest BCUT2D eigenvalue weighted by atomic mass is 10.3. The van der Waals surface area contributed by atoms with Gasteiger partial charge in [-0.3, -0.25) is 4.98 Å². The summed E-state index contributed by atoms with van der Waals surface area (Å²) >= 11 is 0. The van der Waals surface area contributed by atoms with Gasteiger partial charge in [0.1, 0.15) is 0 Å². The fraction of sp³-hybridized carbons (Fsp3) is 0.190. The van der Waals surface area contributed by atoms with E-state index in [-0.39, 0.29) is 0 Å². The Bertz CT molecular complexity index is 883. The second-order valence-electron chi connectivity index (χ2n) is 6.65. The summed E-state index contributed by atoms with van der Waals surface area (Å²) in [4.78, 5) is 8.27. The Hall–Kier alpha value is -2.58. The molecule has 0 bridgehead atoms. The average Bonchev–Trinajstić information content (AvgIpc) is 2.68. The first-order chi connectivity index (χ1) is 12.4. The molecule has 0 radical (unpaired) electrons. The summed E-state index contributed by atoms with van der Waals surface area (Å²) in [5.74, 6) is 0. The minimum Gasteiger partial charge on any atom is -0.378 e. The molecule has 0 saturated heterocycles. The third-order valence-electron chi connectivity index (χ3n) is 4.43. The lowest BCUT2D eigenvalue weighted by Crippen LogP contribution is -2.26. The molecule has 0 aliphatic heterocycles. The number of benzene rings is 2. The van der Waals surface area contributed by atoms with Crippen molar-refractivity contribution in [3.05, 3.63) is 73.1 Å². The van der Waals surface area contributed by atoms with Gasteiger partial charge in [0.2, 0.25) is 0 Å². The topological polar surface area (TPSA) is 36.4 Å². The van der Waals surface area contributed by atoms with Crippen LogP contribution in [0.4, 0.5) is 11.4 Å². The molecule has 134 valence electrons. The average molecular weight is 365 g/mol. The van der Waals surface area contributed by atoms with Gasteiger partial charge in [-0.2, -0.15) is 0 Å². The van der Waals surface area contributed by atoms with Gasteiger partial charge in [0, 0.05) is 67.9 Å². The van der Waals surface area contributed by atoms with Crippen molar-refractivity contribution in [2.45, 2.75) is 0 Å². The number of anilines is 2. The number of nitrogens with zero attached hydrogens (tertiary/aromatic N) is 3. The van der Waals surface area contributed by atoms with Crippen molar-refractivity contribution >= 4 is 34.4 Å². The maximum absolute atomic E-state index is 14.5. The molecule has 3 aromatic rings. The molecule has 0 unspecified atom stereocenters. The summed E-state index contributed by atoms with van der Waals surface area (Å²) in [7, 11) is 4.92. The Morgan fingerprint density at radius 1 is 0.731 bits per heavy atom. The molecule has 0 saturated carbocycles. The van der Waals surface area contributed by atoms with Crippen molar-refractivity contribution in [1.82, 2.24) is 4.98 Å². The van der Waals surface area contributed by atoms with Gasteiger partial charge in [-0.05, 0) is 36.4 Å². The van der Waals surface area contributed by atoms with Crippen molar-refractivity contribution in [1.29, 1.82) is 0 Å². The zero-order chi connectivity index (χ0) is 18.7. The zero-order valence-electron chi connectivity index (χ0n) is 15.6. The van der Waals surface area contributed by atoms with E-state index in [0.717, 1.165) is 27.3 Å². The number of aromatic nitrogens is 1. The Morgan fingerprint density at radius 2 is 1.23 bits per heavy atom. The van der Waals surface area contributed by atoms with Crippen LogP contribution >= 0.6 is 7.14 Å². The van der Waals surface area contributed by atoms with E-state index in [1.807, 2.05) is 98.7 Å². The Labute approximate surface area is 155 Å². The van der Waals surface area contributed by atoms with Gasteiger partial charge in [-0.1, -0.05) is 24.3 Å². The molecule has 1 heterocycles. The van der Waals surface area contributed by atoms with Gasteiger partial charge >= 0.3 is 0 Å². The van der Waals surface area contributed by atoms with E-state index in [0.29, 0.717) is 0 Å². The molecular weight excluding hydrogens is 341 g/mol. The quantitative estimate of drug-likeness (QED) is 0.652. The molecule has 0 aliphatic rings. The van der Waals surface area contributed by atoms with Crippen LogP contribution in [0.25, 0.3) is 0 Å². The van der Waals surface area contributed by atoms with Crippen molar-refractivity contribution in [3.8, 4) is 0 Å². The highest BCUT2D eigenvalue weighted by Crippen LogP contribution is 2.43. The minimum atomic E-state index is -3.03. The molecule has 3 rings (SSSR count). The predicted octanol–water partition coefficient (Wildman–Crippen LogP) is 2.85. The summed E-state index contributed by atoms with van der Waals surface area (Å²) < 4.78 is 14.5. The fourth-order valence-corrected chi connectivity index (χ4v) is 5.56. The van der Waals surface area contributed by atoms with E-state index in [1.54, 1.807) is 12.4 Å². The van der Waals surface area contributed by atoms with Crippen molar-refractivity contribution in [3.63, 3.8) is 0 Å². The first-order valence-corrected chi connectivity index (χ1v) is 10.2. The van der Waals surface area contributed by atoms with Gasteiger partial charge in [-0.25, -0.2) is 0 Å². The van der Waals surface area contributed by atoms with Crippen LogP contribution in [-0.4, -0.2) is 33.2 Å². The van der Waals surface area contributed by atoms with E-state index < -0.39 is 7.14 Å². The molecule has 0 fully saturated rings. The van der Waals surface area contributed by atoms with E-state index >= 15 is 0 Å². The van der Waals surface area contributed by atoms with Gasteiger partial charge in [0.05, 0.1) is 0 Å². The SMILES string of the molecule is CN(C)c1cccc(P(=O)(c2cccnc2)c2cccc(N(C)C)c2)c1. The highest BCUT2D eigenvalue weighted by atomic mass is 31.2. The Morgan fingerprint density at radius 3 is 1.65 bits per heavy atom. The molecule has 26 heavy (non-hydrogen) atoms. The standard InChI is InChI=1S/C21H24N3OP/c1-23(2)17-8-5-10-19(14-17)26(25,21-12-7-13-22-16-21)20-11-6-9-18(15-20)24(3)4/h5-16H,1-4H3. The van der Waals surface area contributed by atoms with Gasteiger partial charge < -0.3 is 14.4 Å². The summed E-state index contributed by atoms with van der Waals surface area (Å²) in [6.45, 7) is 0. The Kier molecular flexibility index (Phi) is 5.15. The molecule has 0 atom stereocenters. The van der Waals surface area contributed by atoms with Crippen molar-refractivity contribution < 1.29 is 4.57 Å². The highest BCUT2D eigenvalue weighted by Gasteiger charge is 2.30. The molecule has 0 N–H and O–H groups in total. The molecule has 4 nitrogen and oxygen atoms in total. The maximum atomic E-state index is 14.5. The van der Waals surface area contributed by atoms with Crippen LogP contribution in [0, 0.1) is 0 Å². The van der Waals surface area contributed by atoms with Gasteiger partial charge in [0.25, 0.3) is 0 Å². The molecule has 2 aromatic carbocycles. The summed E-state index contributed by atoms with van der Waals surface area (Å²) in [5, 5.41) is 2.37. The van der Waals surface area contributed by atoms with Crippen LogP contribution in [0.15, 0.2) is 73.1 Å². The van der Waals surface area contributed by atoms with Crippen molar-refractivity contribution in [2.75, 3.05) is 38.0 Å². The molecule has 5 heteroatoms. The predicted molar refractivity (Wildman–Crippen MR) is 112 cm³/mol. The third kappa shape index (κ3) is 3.38. The summed E-state index contributed by atoms with van der Waals surface area (Å²) in [5.41, 5.74) is 2.05. The fourth-order valence-electron chi connectivity index (χ4n) is 2.92. The largest absolute Gasteiger partial charge is 0.378 e. The van der Waals surface area contributed by atoms with Gasteiger partial charge in [0.15, 0.2) is 7.14 Å². The molecule has 0 aliphatic carbocycles. The maximum Gasteiger partial charge on any atom is 0.172 e. The summed E-state index contributed by atoms with van der Waals surface area (Å²) in [6, 6.07) is 19.6. The van der Waals surface area contributed by atoms with E-state index in [9.17, 15) is 4.57 Å². The molecular formula is C21H24N3OP. The molecule has 1 aromatic heterocycles. The van der Waals surface area contributed by atoms with Crippen LogP contribution in [0.3, 0.4) is 0 Å². The third-order valence-corrected chi connectivity index (χ3v) is 7.43. The minimum absolute atomic E-state index is 0.742. The van der Waals surface area contributed by atoms with Crippen LogP contribution in [-0.2, 0) is 4.57 Å². The number of hydrogen-bond acceptors (Lipinski definition) is 4. The monoisotopic (exact) mass is 365 g/mol. The molecule has 0 amide bonds. The van der Waals surface area contributed by atoms with Crippen LogP contribution in [0.1, 0.15) is 0 Å². The normalized spacial score (nSPS) is 11.2. The second-order valence-corrected chi connectivity index (χ2v) is 9.42. The van der Waals surface area contributed by atoms with E-state index in [1.165, 1.54) is 0 Å². The van der Waals surface area contributed by atoms with Crippen LogP contribution < -0.4 is 25.7 Å². The molecule has 0 spiro atoms.